The maximum absolute atomic E-state index is 11.8. The van der Waals surface area contributed by atoms with E-state index in [4.69, 9.17) is 0 Å². The maximum Gasteiger partial charge on any atom is 0.334 e. The van der Waals surface area contributed by atoms with Crippen molar-refractivity contribution in [3.05, 3.63) is 63.5 Å². The molecule has 3 N–H and O–H groups in total. The third-order valence-corrected chi connectivity index (χ3v) is 3.24. The Morgan fingerprint density at radius 1 is 1.32 bits per heavy atom. The molecule has 1 amide bonds. The molecule has 22 heavy (non-hydrogen) atoms. The van der Waals surface area contributed by atoms with Crippen LogP contribution in [0, 0.1) is 10.1 Å². The van der Waals surface area contributed by atoms with Gasteiger partial charge in [-0.25, -0.2) is 4.79 Å². The molecule has 1 aliphatic rings. The highest BCUT2D eigenvalue weighted by Gasteiger charge is 2.29. The van der Waals surface area contributed by atoms with Gasteiger partial charge in [-0.2, -0.15) is 0 Å². The minimum absolute atomic E-state index is 0.0548. The van der Waals surface area contributed by atoms with Crippen molar-refractivity contribution in [2.24, 2.45) is 0 Å². The molecule has 8 nitrogen and oxygen atoms in total. The standard InChI is InChI=1S/C14H13N3O5/c1-15-13(18)12-11(14(19)20)10(6-7-16-12)8-2-4-9(5-3-8)17(21)22/h2-7,10,16H,1H3,(H,15,18)(H,19,20). The van der Waals surface area contributed by atoms with E-state index < -0.39 is 22.7 Å². The summed E-state index contributed by atoms with van der Waals surface area (Å²) in [6, 6.07) is 5.54. The van der Waals surface area contributed by atoms with E-state index in [1.54, 1.807) is 6.08 Å². The average molecular weight is 303 g/mol. The third-order valence-electron chi connectivity index (χ3n) is 3.24. The molecule has 0 radical (unpaired) electrons. The number of hydrogen-bond donors (Lipinski definition) is 3. The van der Waals surface area contributed by atoms with Crippen LogP contribution in [0.25, 0.3) is 0 Å². The zero-order chi connectivity index (χ0) is 16.3. The second-order valence-electron chi connectivity index (χ2n) is 4.50. The van der Waals surface area contributed by atoms with Crippen molar-refractivity contribution in [2.75, 3.05) is 7.05 Å². The Morgan fingerprint density at radius 3 is 2.45 bits per heavy atom. The third kappa shape index (κ3) is 2.80. The first-order valence-corrected chi connectivity index (χ1v) is 6.32. The minimum Gasteiger partial charge on any atom is -0.478 e. The largest absolute Gasteiger partial charge is 0.478 e. The Bertz CT molecular complexity index is 691. The lowest BCUT2D eigenvalue weighted by Gasteiger charge is -2.22. The second-order valence-corrected chi connectivity index (χ2v) is 4.50. The van der Waals surface area contributed by atoms with Crippen molar-refractivity contribution in [1.82, 2.24) is 10.6 Å². The van der Waals surface area contributed by atoms with Gasteiger partial charge in [0.15, 0.2) is 0 Å². The van der Waals surface area contributed by atoms with Gasteiger partial charge in [0.2, 0.25) is 0 Å². The van der Waals surface area contributed by atoms with Crippen molar-refractivity contribution in [2.45, 2.75) is 5.92 Å². The number of nitro benzene ring substituents is 1. The number of carboxylic acids is 1. The number of carboxylic acid groups (broad SMARTS) is 1. The van der Waals surface area contributed by atoms with E-state index in [1.807, 2.05) is 0 Å². The average Bonchev–Trinajstić information content (AvgIpc) is 2.53. The van der Waals surface area contributed by atoms with E-state index in [0.717, 1.165) is 0 Å². The normalized spacial score (nSPS) is 16.9. The molecule has 0 saturated heterocycles. The molecule has 0 spiro atoms. The lowest BCUT2D eigenvalue weighted by atomic mass is 9.87. The van der Waals surface area contributed by atoms with Crippen molar-refractivity contribution in [3.63, 3.8) is 0 Å². The lowest BCUT2D eigenvalue weighted by Crippen LogP contribution is -2.33. The second kappa shape index (κ2) is 6.08. The number of allylic oxidation sites excluding steroid dienone is 1. The van der Waals surface area contributed by atoms with Gasteiger partial charge in [0.1, 0.15) is 5.70 Å². The number of benzene rings is 1. The predicted molar refractivity (Wildman–Crippen MR) is 76.8 cm³/mol. The first-order chi connectivity index (χ1) is 10.5. The number of rotatable bonds is 4. The molecular formula is C14H13N3O5. The predicted octanol–water partition coefficient (Wildman–Crippen LogP) is 0.880. The molecule has 1 unspecified atom stereocenters. The molecule has 0 aromatic heterocycles. The fourth-order valence-electron chi connectivity index (χ4n) is 2.19. The van der Waals surface area contributed by atoms with Crippen molar-refractivity contribution in [1.29, 1.82) is 0 Å². The quantitative estimate of drug-likeness (QED) is 0.560. The molecule has 0 saturated carbocycles. The molecule has 0 bridgehead atoms. The zero-order valence-electron chi connectivity index (χ0n) is 11.6. The number of aliphatic carboxylic acids is 1. The summed E-state index contributed by atoms with van der Waals surface area (Å²) in [7, 11) is 1.40. The number of nitrogens with one attached hydrogen (secondary N) is 2. The van der Waals surface area contributed by atoms with Crippen molar-refractivity contribution in [3.8, 4) is 0 Å². The summed E-state index contributed by atoms with van der Waals surface area (Å²) >= 11 is 0. The topological polar surface area (TPSA) is 122 Å². The van der Waals surface area contributed by atoms with E-state index in [9.17, 15) is 24.8 Å². The number of amides is 1. The van der Waals surface area contributed by atoms with Crippen LogP contribution in [0.3, 0.4) is 0 Å². The minimum atomic E-state index is -1.24. The number of non-ortho nitro benzene ring substituents is 1. The van der Waals surface area contributed by atoms with Gasteiger partial charge in [-0.05, 0) is 11.8 Å². The first-order valence-electron chi connectivity index (χ1n) is 6.32. The van der Waals surface area contributed by atoms with Gasteiger partial charge in [0, 0.05) is 25.1 Å². The van der Waals surface area contributed by atoms with Gasteiger partial charge in [0.05, 0.1) is 10.5 Å². The van der Waals surface area contributed by atoms with Gasteiger partial charge < -0.3 is 15.7 Å². The molecule has 8 heteroatoms. The highest BCUT2D eigenvalue weighted by atomic mass is 16.6. The summed E-state index contributed by atoms with van der Waals surface area (Å²) in [6.45, 7) is 0. The number of carbonyl (C=O) groups is 2. The molecule has 114 valence electrons. The summed E-state index contributed by atoms with van der Waals surface area (Å²) in [6.07, 6.45) is 3.06. The Morgan fingerprint density at radius 2 is 1.95 bits per heavy atom. The Balaban J connectivity index is 2.47. The van der Waals surface area contributed by atoms with Gasteiger partial charge in [0.25, 0.3) is 11.6 Å². The fraction of sp³-hybridized carbons (Fsp3) is 0.143. The van der Waals surface area contributed by atoms with E-state index in [2.05, 4.69) is 10.6 Å². The lowest BCUT2D eigenvalue weighted by molar-refractivity contribution is -0.384. The van der Waals surface area contributed by atoms with Crippen LogP contribution in [-0.2, 0) is 9.59 Å². The highest BCUT2D eigenvalue weighted by Crippen LogP contribution is 2.31. The van der Waals surface area contributed by atoms with Crippen LogP contribution in [0.4, 0.5) is 5.69 Å². The molecule has 1 aromatic carbocycles. The maximum atomic E-state index is 11.8. The van der Waals surface area contributed by atoms with Gasteiger partial charge in [-0.15, -0.1) is 0 Å². The molecule has 2 rings (SSSR count). The Labute approximate surface area is 125 Å². The van der Waals surface area contributed by atoms with Crippen LogP contribution in [0.1, 0.15) is 11.5 Å². The molecule has 0 fully saturated rings. The summed E-state index contributed by atoms with van der Waals surface area (Å²) in [5.41, 5.74) is 0.285. The SMILES string of the molecule is CNC(=O)C1=C(C(=O)O)C(c2ccc([N+](=O)[O-])cc2)C=CN1. The molecule has 1 atom stereocenters. The van der Waals surface area contributed by atoms with Crippen LogP contribution in [-0.4, -0.2) is 29.0 Å². The zero-order valence-corrected chi connectivity index (χ0v) is 11.6. The van der Waals surface area contributed by atoms with E-state index in [-0.39, 0.29) is 17.0 Å². The van der Waals surface area contributed by atoms with E-state index >= 15 is 0 Å². The van der Waals surface area contributed by atoms with Crippen LogP contribution < -0.4 is 10.6 Å². The summed E-state index contributed by atoms with van der Waals surface area (Å²) < 4.78 is 0. The summed E-state index contributed by atoms with van der Waals surface area (Å²) in [4.78, 5) is 33.4. The summed E-state index contributed by atoms with van der Waals surface area (Å²) in [5, 5.41) is 25.1. The van der Waals surface area contributed by atoms with E-state index in [1.165, 1.54) is 37.5 Å². The molecule has 1 aromatic rings. The van der Waals surface area contributed by atoms with Gasteiger partial charge in [-0.1, -0.05) is 18.2 Å². The number of nitrogens with zero attached hydrogens (tertiary/aromatic N) is 1. The molecule has 0 aliphatic carbocycles. The van der Waals surface area contributed by atoms with Crippen molar-refractivity contribution >= 4 is 17.6 Å². The number of likely N-dealkylation sites (N-methyl/N-ethyl adjacent to an activating group) is 1. The monoisotopic (exact) mass is 303 g/mol. The van der Waals surface area contributed by atoms with Crippen molar-refractivity contribution < 1.29 is 19.6 Å². The Hall–Kier alpha value is -3.16. The molecule has 1 heterocycles. The number of hydrogen-bond acceptors (Lipinski definition) is 5. The van der Waals surface area contributed by atoms with Crippen LogP contribution in [0.2, 0.25) is 0 Å². The molecule has 1 aliphatic heterocycles. The summed E-state index contributed by atoms with van der Waals surface area (Å²) in [5.74, 6) is -2.46. The Kier molecular flexibility index (Phi) is 4.21. The smallest absolute Gasteiger partial charge is 0.334 e. The number of carbonyl (C=O) groups excluding carboxylic acids is 1. The first kappa shape index (κ1) is 15.2. The number of dihydropyridines is 1. The van der Waals surface area contributed by atoms with Crippen LogP contribution in [0.15, 0.2) is 47.8 Å². The van der Waals surface area contributed by atoms with E-state index in [0.29, 0.717) is 5.56 Å². The fourth-order valence-corrected chi connectivity index (χ4v) is 2.19. The van der Waals surface area contributed by atoms with Gasteiger partial charge >= 0.3 is 5.97 Å². The van der Waals surface area contributed by atoms with Gasteiger partial charge in [-0.3, -0.25) is 14.9 Å². The van der Waals surface area contributed by atoms with Crippen LogP contribution >= 0.6 is 0 Å². The number of nitro groups is 1. The molecular weight excluding hydrogens is 290 g/mol. The highest BCUT2D eigenvalue weighted by molar-refractivity contribution is 6.03. The van der Waals surface area contributed by atoms with Crippen LogP contribution in [0.5, 0.6) is 0 Å².